The third kappa shape index (κ3) is 4.66. The molecule has 3 rings (SSSR count). The number of hydrogen-bond acceptors (Lipinski definition) is 4. The summed E-state index contributed by atoms with van der Waals surface area (Å²) in [6.45, 7) is 4.42. The van der Waals surface area contributed by atoms with Crippen LogP contribution in [0.2, 0.25) is 0 Å². The van der Waals surface area contributed by atoms with Gasteiger partial charge in [-0.15, -0.1) is 0 Å². The lowest BCUT2D eigenvalue weighted by Gasteiger charge is -2.30. The van der Waals surface area contributed by atoms with E-state index in [2.05, 4.69) is 10.5 Å². The van der Waals surface area contributed by atoms with Gasteiger partial charge in [-0.2, -0.15) is 9.41 Å². The Morgan fingerprint density at radius 3 is 2.25 bits per heavy atom. The molecule has 0 aromatic heterocycles. The number of rotatable bonds is 5. The van der Waals surface area contributed by atoms with Crippen molar-refractivity contribution in [1.82, 2.24) is 9.73 Å². The van der Waals surface area contributed by atoms with E-state index in [-0.39, 0.29) is 11.8 Å². The number of nitrogens with one attached hydrogen (secondary N) is 1. The Labute approximate surface area is 166 Å². The summed E-state index contributed by atoms with van der Waals surface area (Å²) in [6.07, 6.45) is 0.966. The molecule has 0 radical (unpaired) electrons. The van der Waals surface area contributed by atoms with Crippen molar-refractivity contribution in [3.05, 3.63) is 65.7 Å². The number of aryl methyl sites for hydroxylation is 1. The van der Waals surface area contributed by atoms with Crippen molar-refractivity contribution >= 4 is 21.6 Å². The Balaban J connectivity index is 1.57. The number of piperidine rings is 1. The standard InChI is InChI=1S/C21H25N3O3S/c1-16-8-10-20(11-9-16)28(26,27)24-14-12-19(13-15-24)21(25)23-22-17(2)18-6-4-3-5-7-18/h3-11,19H,12-15H2,1-2H3,(H,23,25)/b22-17+. The van der Waals surface area contributed by atoms with Crippen LogP contribution in [-0.4, -0.2) is 37.4 Å². The molecule has 2 aromatic rings. The first-order chi connectivity index (χ1) is 13.4. The maximum atomic E-state index is 12.8. The minimum atomic E-state index is -3.52. The normalized spacial score (nSPS) is 16.7. The molecular weight excluding hydrogens is 374 g/mol. The molecule has 0 atom stereocenters. The lowest BCUT2D eigenvalue weighted by atomic mass is 9.98. The largest absolute Gasteiger partial charge is 0.273 e. The first-order valence-corrected chi connectivity index (χ1v) is 10.8. The van der Waals surface area contributed by atoms with E-state index in [1.165, 1.54) is 4.31 Å². The van der Waals surface area contributed by atoms with Gasteiger partial charge in [0.1, 0.15) is 0 Å². The van der Waals surface area contributed by atoms with Crippen LogP contribution in [0.4, 0.5) is 0 Å². The maximum Gasteiger partial charge on any atom is 0.243 e. The highest BCUT2D eigenvalue weighted by molar-refractivity contribution is 7.89. The summed E-state index contributed by atoms with van der Waals surface area (Å²) >= 11 is 0. The summed E-state index contributed by atoms with van der Waals surface area (Å²) in [5.74, 6) is -0.403. The maximum absolute atomic E-state index is 12.8. The number of amides is 1. The van der Waals surface area contributed by atoms with E-state index >= 15 is 0 Å². The molecule has 148 valence electrons. The van der Waals surface area contributed by atoms with E-state index in [1.54, 1.807) is 24.3 Å². The monoisotopic (exact) mass is 399 g/mol. The molecule has 7 heteroatoms. The van der Waals surface area contributed by atoms with Crippen LogP contribution in [0.25, 0.3) is 0 Å². The van der Waals surface area contributed by atoms with Crippen molar-refractivity contribution in [3.8, 4) is 0 Å². The SMILES string of the molecule is C/C(=N\NC(=O)C1CCN(S(=O)(=O)c2ccc(C)cc2)CC1)c1ccccc1. The average molecular weight is 400 g/mol. The van der Waals surface area contributed by atoms with Gasteiger partial charge in [0.2, 0.25) is 15.9 Å². The van der Waals surface area contributed by atoms with Crippen molar-refractivity contribution in [2.24, 2.45) is 11.0 Å². The number of hydrogen-bond donors (Lipinski definition) is 1. The van der Waals surface area contributed by atoms with E-state index < -0.39 is 10.0 Å². The van der Waals surface area contributed by atoms with Crippen LogP contribution in [0.15, 0.2) is 64.6 Å². The van der Waals surface area contributed by atoms with Gasteiger partial charge < -0.3 is 0 Å². The molecular formula is C21H25N3O3S. The number of carbonyl (C=O) groups is 1. The molecule has 0 spiro atoms. The second kappa shape index (κ2) is 8.67. The fourth-order valence-corrected chi connectivity index (χ4v) is 4.66. The molecule has 1 aliphatic rings. The van der Waals surface area contributed by atoms with Gasteiger partial charge in [-0.05, 0) is 44.4 Å². The quantitative estimate of drug-likeness (QED) is 0.620. The first kappa shape index (κ1) is 20.2. The Bertz CT molecular complexity index is 946. The van der Waals surface area contributed by atoms with Crippen LogP contribution < -0.4 is 5.43 Å². The van der Waals surface area contributed by atoms with Crippen LogP contribution in [0.3, 0.4) is 0 Å². The number of sulfonamides is 1. The van der Waals surface area contributed by atoms with Crippen molar-refractivity contribution in [2.45, 2.75) is 31.6 Å². The zero-order valence-electron chi connectivity index (χ0n) is 16.1. The van der Waals surface area contributed by atoms with Crippen LogP contribution in [0.5, 0.6) is 0 Å². The van der Waals surface area contributed by atoms with E-state index in [1.807, 2.05) is 44.2 Å². The zero-order chi connectivity index (χ0) is 20.1. The van der Waals surface area contributed by atoms with Gasteiger partial charge in [-0.25, -0.2) is 13.8 Å². The van der Waals surface area contributed by atoms with Crippen LogP contribution in [0, 0.1) is 12.8 Å². The molecule has 1 fully saturated rings. The molecule has 28 heavy (non-hydrogen) atoms. The third-order valence-corrected chi connectivity index (χ3v) is 6.92. The van der Waals surface area contributed by atoms with E-state index in [9.17, 15) is 13.2 Å². The summed E-state index contributed by atoms with van der Waals surface area (Å²) in [5.41, 5.74) is 5.31. The first-order valence-electron chi connectivity index (χ1n) is 9.34. The van der Waals surface area contributed by atoms with E-state index in [0.29, 0.717) is 30.8 Å². The van der Waals surface area contributed by atoms with E-state index in [0.717, 1.165) is 16.8 Å². The lowest BCUT2D eigenvalue weighted by molar-refractivity contribution is -0.126. The summed E-state index contributed by atoms with van der Waals surface area (Å²) in [6, 6.07) is 16.5. The minimum absolute atomic E-state index is 0.164. The molecule has 0 saturated carbocycles. The number of nitrogens with zero attached hydrogens (tertiary/aromatic N) is 2. The molecule has 6 nitrogen and oxygen atoms in total. The summed E-state index contributed by atoms with van der Waals surface area (Å²) in [7, 11) is -3.52. The van der Waals surface area contributed by atoms with Crippen LogP contribution >= 0.6 is 0 Å². The fourth-order valence-electron chi connectivity index (χ4n) is 3.19. The lowest BCUT2D eigenvalue weighted by Crippen LogP contribution is -2.42. The molecule has 1 amide bonds. The van der Waals surface area contributed by atoms with Crippen molar-refractivity contribution in [1.29, 1.82) is 0 Å². The molecule has 1 aliphatic heterocycles. The molecule has 0 bridgehead atoms. The van der Waals surface area contributed by atoms with Crippen molar-refractivity contribution in [2.75, 3.05) is 13.1 Å². The molecule has 1 N–H and O–H groups in total. The van der Waals surface area contributed by atoms with Gasteiger partial charge >= 0.3 is 0 Å². The fraction of sp³-hybridized carbons (Fsp3) is 0.333. The predicted octanol–water partition coefficient (Wildman–Crippen LogP) is 2.94. The highest BCUT2D eigenvalue weighted by atomic mass is 32.2. The summed E-state index contributed by atoms with van der Waals surface area (Å²) in [4.78, 5) is 12.7. The number of carbonyl (C=O) groups excluding carboxylic acids is 1. The van der Waals surface area contributed by atoms with Gasteiger partial charge in [0.25, 0.3) is 0 Å². The Morgan fingerprint density at radius 2 is 1.64 bits per heavy atom. The Hall–Kier alpha value is -2.51. The van der Waals surface area contributed by atoms with Gasteiger partial charge in [0, 0.05) is 19.0 Å². The average Bonchev–Trinajstić information content (AvgIpc) is 2.73. The van der Waals surface area contributed by atoms with Gasteiger partial charge in [-0.3, -0.25) is 4.79 Å². The van der Waals surface area contributed by atoms with Crippen molar-refractivity contribution < 1.29 is 13.2 Å². The predicted molar refractivity (Wildman–Crippen MR) is 109 cm³/mol. The molecule has 0 unspecified atom stereocenters. The Morgan fingerprint density at radius 1 is 1.04 bits per heavy atom. The van der Waals surface area contributed by atoms with Gasteiger partial charge in [0.15, 0.2) is 0 Å². The molecule has 1 saturated heterocycles. The highest BCUT2D eigenvalue weighted by Crippen LogP contribution is 2.24. The smallest absolute Gasteiger partial charge is 0.243 e. The van der Waals surface area contributed by atoms with Crippen molar-refractivity contribution in [3.63, 3.8) is 0 Å². The topological polar surface area (TPSA) is 78.8 Å². The second-order valence-corrected chi connectivity index (χ2v) is 8.97. The zero-order valence-corrected chi connectivity index (χ0v) is 16.9. The molecule has 0 aliphatic carbocycles. The van der Waals surface area contributed by atoms with Crippen LogP contribution in [0.1, 0.15) is 30.9 Å². The number of benzene rings is 2. The molecule has 1 heterocycles. The Kier molecular flexibility index (Phi) is 6.26. The second-order valence-electron chi connectivity index (χ2n) is 7.03. The van der Waals surface area contributed by atoms with Crippen LogP contribution in [-0.2, 0) is 14.8 Å². The van der Waals surface area contributed by atoms with E-state index in [4.69, 9.17) is 0 Å². The molecule has 2 aromatic carbocycles. The summed E-state index contributed by atoms with van der Waals surface area (Å²) < 4.78 is 27.0. The number of hydrazone groups is 1. The highest BCUT2D eigenvalue weighted by Gasteiger charge is 2.32. The minimum Gasteiger partial charge on any atom is -0.273 e. The summed E-state index contributed by atoms with van der Waals surface area (Å²) in [5, 5.41) is 4.18. The van der Waals surface area contributed by atoms with Gasteiger partial charge in [0.05, 0.1) is 10.6 Å². The van der Waals surface area contributed by atoms with Gasteiger partial charge in [-0.1, -0.05) is 48.0 Å². The third-order valence-electron chi connectivity index (χ3n) is 5.01.